The van der Waals surface area contributed by atoms with E-state index in [2.05, 4.69) is 135 Å². The molecule has 0 heterocycles. The minimum absolute atomic E-state index is 0.0234. The van der Waals surface area contributed by atoms with Gasteiger partial charge in [-0.1, -0.05) is 245 Å². The molecule has 9 nitrogen and oxygen atoms in total. The van der Waals surface area contributed by atoms with Crippen LogP contribution in [-0.2, 0) is 32.7 Å². The quantitative estimate of drug-likeness (QED) is 0.0211. The molecule has 0 amide bonds. The first-order valence-electron chi connectivity index (χ1n) is 31.3. The summed E-state index contributed by atoms with van der Waals surface area (Å²) in [4.78, 5) is 35.7. The number of hydrogen-bond donors (Lipinski definition) is 1. The maximum Gasteiger partial charge on any atom is 0.472 e. The highest BCUT2D eigenvalue weighted by Crippen LogP contribution is 2.43. The number of quaternary nitrogens is 1. The number of ether oxygens (including phenoxy) is 2. The van der Waals surface area contributed by atoms with Gasteiger partial charge < -0.3 is 18.9 Å². The summed E-state index contributed by atoms with van der Waals surface area (Å²) < 4.78 is 34.6. The van der Waals surface area contributed by atoms with Crippen LogP contribution in [0.4, 0.5) is 0 Å². The van der Waals surface area contributed by atoms with Crippen molar-refractivity contribution in [3.05, 3.63) is 122 Å². The Morgan fingerprint density at radius 3 is 1.10 bits per heavy atom. The average Bonchev–Trinajstić information content (AvgIpc) is 3.41. The van der Waals surface area contributed by atoms with Gasteiger partial charge in [0.05, 0.1) is 27.7 Å². The van der Waals surface area contributed by atoms with E-state index in [0.717, 1.165) is 103 Å². The molecule has 0 saturated heterocycles. The summed E-state index contributed by atoms with van der Waals surface area (Å²) in [7, 11) is 1.46. The molecule has 0 aromatic heterocycles. The molecule has 0 rings (SSSR count). The van der Waals surface area contributed by atoms with Gasteiger partial charge in [0, 0.05) is 12.8 Å². The highest BCUT2D eigenvalue weighted by atomic mass is 31.2. The zero-order valence-corrected chi connectivity index (χ0v) is 51.5. The van der Waals surface area contributed by atoms with Crippen molar-refractivity contribution in [2.75, 3.05) is 47.5 Å². The van der Waals surface area contributed by atoms with Crippen molar-refractivity contribution in [3.63, 3.8) is 0 Å². The minimum atomic E-state index is -4.40. The number of allylic oxidation sites excluding steroid dienone is 20. The zero-order valence-electron chi connectivity index (χ0n) is 50.6. The summed E-state index contributed by atoms with van der Waals surface area (Å²) in [5.74, 6) is -0.816. The van der Waals surface area contributed by atoms with E-state index in [-0.39, 0.29) is 32.0 Å². The van der Waals surface area contributed by atoms with E-state index in [1.54, 1.807) is 0 Å². The lowest BCUT2D eigenvalue weighted by Gasteiger charge is -2.24. The van der Waals surface area contributed by atoms with Crippen LogP contribution in [0, 0.1) is 0 Å². The third-order valence-corrected chi connectivity index (χ3v) is 14.0. The Hall–Kier alpha value is -3.59. The number of rotatable bonds is 56. The van der Waals surface area contributed by atoms with Gasteiger partial charge in [0.15, 0.2) is 6.10 Å². The number of likely N-dealkylation sites (N-methyl/N-ethyl adjacent to an activating group) is 1. The Bertz CT molecular complexity index is 1730. The molecule has 0 aromatic carbocycles. The maximum absolute atomic E-state index is 12.8. The van der Waals surface area contributed by atoms with Crippen molar-refractivity contribution < 1.29 is 42.1 Å². The predicted molar refractivity (Wildman–Crippen MR) is 334 cm³/mol. The van der Waals surface area contributed by atoms with Crippen LogP contribution in [0.15, 0.2) is 122 Å². The molecule has 0 fully saturated rings. The van der Waals surface area contributed by atoms with Crippen molar-refractivity contribution >= 4 is 19.8 Å². The number of esters is 2. The van der Waals surface area contributed by atoms with E-state index in [1.165, 1.54) is 109 Å². The molecular weight excluding hydrogens is 990 g/mol. The summed E-state index contributed by atoms with van der Waals surface area (Å²) in [5.41, 5.74) is 0. The molecule has 0 saturated carbocycles. The fourth-order valence-corrected chi connectivity index (χ4v) is 8.92. The molecular formula is C68H117NO8P+. The van der Waals surface area contributed by atoms with Gasteiger partial charge in [-0.25, -0.2) is 4.57 Å². The maximum atomic E-state index is 12.8. The van der Waals surface area contributed by atoms with Gasteiger partial charge in [-0.2, -0.15) is 0 Å². The molecule has 0 aliphatic heterocycles. The standard InChI is InChI=1S/C68H116NO8P/c1-6-8-10-12-14-16-18-20-22-24-26-27-28-29-30-31-32-33-34-35-36-37-38-39-40-41-43-45-47-49-51-53-55-57-59-61-68(71)77-66(65-76-78(72,73)75-63-62-69(3,4)5)64-74-67(70)60-58-56-54-52-50-48-46-44-42-25-23-21-19-17-15-13-11-9-7-2/h8,10,14,16,20-23,26-27,29-30,32-33,35-36,38-39,41,43,66H,6-7,9,11-13,15,17-19,24-25,28,31,34,37,40,42,44-65H2,1-5H3/p+1/b10-8-,16-14-,22-20-,23-21-,27-26-,30-29-,33-32-,36-35-,39-38-,43-41-. The normalized spacial score (nSPS) is 14.1. The van der Waals surface area contributed by atoms with E-state index in [0.29, 0.717) is 17.4 Å². The molecule has 10 heteroatoms. The lowest BCUT2D eigenvalue weighted by Crippen LogP contribution is -2.37. The Labute approximate surface area is 479 Å². The van der Waals surface area contributed by atoms with Crippen molar-refractivity contribution in [3.8, 4) is 0 Å². The molecule has 0 bridgehead atoms. The van der Waals surface area contributed by atoms with Crippen molar-refractivity contribution in [1.82, 2.24) is 0 Å². The third kappa shape index (κ3) is 61.6. The Balaban J connectivity index is 4.18. The third-order valence-electron chi connectivity index (χ3n) is 13.0. The van der Waals surface area contributed by atoms with Gasteiger partial charge in [-0.05, 0) is 109 Å². The first-order valence-corrected chi connectivity index (χ1v) is 32.8. The van der Waals surface area contributed by atoms with E-state index < -0.39 is 26.5 Å². The molecule has 78 heavy (non-hydrogen) atoms. The van der Waals surface area contributed by atoms with Gasteiger partial charge >= 0.3 is 19.8 Å². The van der Waals surface area contributed by atoms with Crippen LogP contribution in [0.5, 0.6) is 0 Å². The topological polar surface area (TPSA) is 108 Å². The summed E-state index contributed by atoms with van der Waals surface area (Å²) in [6.07, 6.45) is 82.7. The lowest BCUT2D eigenvalue weighted by atomic mass is 10.1. The number of hydrogen-bond acceptors (Lipinski definition) is 7. The second-order valence-corrected chi connectivity index (χ2v) is 23.2. The van der Waals surface area contributed by atoms with Gasteiger partial charge in [0.2, 0.25) is 0 Å². The van der Waals surface area contributed by atoms with Crippen LogP contribution in [-0.4, -0.2) is 74.9 Å². The largest absolute Gasteiger partial charge is 0.472 e. The number of unbranched alkanes of at least 4 members (excludes halogenated alkanes) is 22. The number of carbonyl (C=O) groups excluding carboxylic acids is 2. The second kappa shape index (κ2) is 58.1. The van der Waals surface area contributed by atoms with E-state index in [4.69, 9.17) is 18.5 Å². The highest BCUT2D eigenvalue weighted by molar-refractivity contribution is 7.47. The van der Waals surface area contributed by atoms with Crippen LogP contribution in [0.1, 0.15) is 245 Å². The molecule has 0 radical (unpaired) electrons. The number of nitrogens with zero attached hydrogens (tertiary/aromatic N) is 1. The molecule has 0 aromatic rings. The Kier molecular flexibility index (Phi) is 55.4. The fraction of sp³-hybridized carbons (Fsp3) is 0.676. The van der Waals surface area contributed by atoms with Gasteiger partial charge in [-0.15, -0.1) is 0 Å². The smallest absolute Gasteiger partial charge is 0.462 e. The number of carbonyl (C=O) groups is 2. The summed E-state index contributed by atoms with van der Waals surface area (Å²) >= 11 is 0. The number of phosphoric ester groups is 1. The summed E-state index contributed by atoms with van der Waals surface area (Å²) in [5, 5.41) is 0. The highest BCUT2D eigenvalue weighted by Gasteiger charge is 2.27. The van der Waals surface area contributed by atoms with Crippen LogP contribution in [0.2, 0.25) is 0 Å². The van der Waals surface area contributed by atoms with Crippen LogP contribution >= 0.6 is 7.82 Å². The van der Waals surface area contributed by atoms with E-state index >= 15 is 0 Å². The first-order chi connectivity index (χ1) is 38.0. The SMILES string of the molecule is CC/C=C\C/C=C\C/C=C\C/C=C\C/C=C\C/C=C\C/C=C\C/C=C\C/C=C\CCCCCCCCCC(=O)OC(COC(=O)CCCCCCCCCCC/C=C\CCCCCCCC)COP(=O)(O)OCC[N+](C)(C)C. The molecule has 2 atom stereocenters. The number of phosphoric acid groups is 1. The van der Waals surface area contributed by atoms with Crippen LogP contribution < -0.4 is 0 Å². The second-order valence-electron chi connectivity index (χ2n) is 21.7. The molecule has 2 unspecified atom stereocenters. The molecule has 0 aliphatic rings. The lowest BCUT2D eigenvalue weighted by molar-refractivity contribution is -0.870. The van der Waals surface area contributed by atoms with Crippen molar-refractivity contribution in [2.24, 2.45) is 0 Å². The first kappa shape index (κ1) is 74.4. The Morgan fingerprint density at radius 2 is 0.731 bits per heavy atom. The predicted octanol–water partition coefficient (Wildman–Crippen LogP) is 19.9. The van der Waals surface area contributed by atoms with Crippen molar-refractivity contribution in [1.29, 1.82) is 0 Å². The van der Waals surface area contributed by atoms with Crippen molar-refractivity contribution in [2.45, 2.75) is 251 Å². The average molecular weight is 1110 g/mol. The fourth-order valence-electron chi connectivity index (χ4n) is 8.18. The summed E-state index contributed by atoms with van der Waals surface area (Å²) in [6, 6.07) is 0. The van der Waals surface area contributed by atoms with Crippen LogP contribution in [0.25, 0.3) is 0 Å². The molecule has 1 N–H and O–H groups in total. The minimum Gasteiger partial charge on any atom is -0.462 e. The summed E-state index contributed by atoms with van der Waals surface area (Å²) in [6.45, 7) is 4.30. The van der Waals surface area contributed by atoms with E-state index in [1.807, 2.05) is 21.1 Å². The van der Waals surface area contributed by atoms with E-state index in [9.17, 15) is 19.0 Å². The zero-order chi connectivity index (χ0) is 57.0. The molecule has 0 aliphatic carbocycles. The Morgan fingerprint density at radius 1 is 0.410 bits per heavy atom. The van der Waals surface area contributed by atoms with Crippen LogP contribution in [0.3, 0.4) is 0 Å². The molecule has 0 spiro atoms. The molecule has 446 valence electrons. The van der Waals surface area contributed by atoms with Gasteiger partial charge in [0.25, 0.3) is 0 Å². The monoisotopic (exact) mass is 1110 g/mol. The van der Waals surface area contributed by atoms with Gasteiger partial charge in [0.1, 0.15) is 19.8 Å². The van der Waals surface area contributed by atoms with Gasteiger partial charge in [-0.3, -0.25) is 18.6 Å².